The van der Waals surface area contributed by atoms with Gasteiger partial charge in [0.15, 0.2) is 0 Å². The summed E-state index contributed by atoms with van der Waals surface area (Å²) in [6.45, 7) is 1.38. The predicted octanol–water partition coefficient (Wildman–Crippen LogP) is 3.73. The summed E-state index contributed by atoms with van der Waals surface area (Å²) >= 11 is 12.7. The molecule has 130 valence electrons. The highest BCUT2D eigenvalue weighted by Crippen LogP contribution is 2.35. The van der Waals surface area contributed by atoms with Crippen LogP contribution in [-0.2, 0) is 9.53 Å². The van der Waals surface area contributed by atoms with Gasteiger partial charge in [-0.05, 0) is 37.1 Å². The molecule has 3 rings (SSSR count). The van der Waals surface area contributed by atoms with Crippen LogP contribution in [0.5, 0.6) is 5.75 Å². The van der Waals surface area contributed by atoms with E-state index in [1.807, 2.05) is 0 Å². The quantitative estimate of drug-likeness (QED) is 0.433. The fourth-order valence-corrected chi connectivity index (χ4v) is 4.12. The Labute approximate surface area is 161 Å². The number of terminal acetylenes is 1. The zero-order chi connectivity index (χ0) is 17.8. The van der Waals surface area contributed by atoms with Crippen molar-refractivity contribution >= 4 is 51.9 Å². The van der Waals surface area contributed by atoms with E-state index in [9.17, 15) is 4.79 Å². The standard InChI is InChI=1S/C18H16ClNO3S2/c1-2-7-23-15-6-5-13(19)9-12(15)10-16-17(21)20(18(24)25-16)11-14-4-3-8-22-14/h1,5-6,9-10,14H,3-4,7-8,11H2/b16-10-/t14-/m1/s1. The highest BCUT2D eigenvalue weighted by Gasteiger charge is 2.34. The Hall–Kier alpha value is -1.52. The van der Waals surface area contributed by atoms with Crippen molar-refractivity contribution in [2.24, 2.45) is 0 Å². The Kier molecular flexibility index (Phi) is 6.02. The third-order valence-corrected chi connectivity index (χ3v) is 5.47. The van der Waals surface area contributed by atoms with Crippen LogP contribution < -0.4 is 4.74 Å². The number of hydrogen-bond donors (Lipinski definition) is 0. The molecule has 0 aromatic heterocycles. The maximum atomic E-state index is 12.7. The summed E-state index contributed by atoms with van der Waals surface area (Å²) in [6, 6.07) is 5.19. The number of thiocarbonyl (C=S) groups is 1. The van der Waals surface area contributed by atoms with E-state index in [1.165, 1.54) is 11.8 Å². The molecule has 2 heterocycles. The van der Waals surface area contributed by atoms with Crippen LogP contribution in [0.1, 0.15) is 18.4 Å². The first kappa shape index (κ1) is 18.3. The number of carbonyl (C=O) groups is 1. The number of ether oxygens (including phenoxy) is 2. The van der Waals surface area contributed by atoms with Crippen molar-refractivity contribution in [3.63, 3.8) is 0 Å². The monoisotopic (exact) mass is 393 g/mol. The van der Waals surface area contributed by atoms with Gasteiger partial charge in [-0.3, -0.25) is 9.69 Å². The predicted molar refractivity (Wildman–Crippen MR) is 105 cm³/mol. The average molecular weight is 394 g/mol. The van der Waals surface area contributed by atoms with Crippen LogP contribution in [0.3, 0.4) is 0 Å². The zero-order valence-electron chi connectivity index (χ0n) is 13.4. The maximum Gasteiger partial charge on any atom is 0.266 e. The lowest BCUT2D eigenvalue weighted by Crippen LogP contribution is -2.35. The smallest absolute Gasteiger partial charge is 0.266 e. The van der Waals surface area contributed by atoms with Crippen molar-refractivity contribution < 1.29 is 14.3 Å². The Morgan fingerprint density at radius 2 is 2.40 bits per heavy atom. The molecular formula is C18H16ClNO3S2. The molecular weight excluding hydrogens is 378 g/mol. The number of thioether (sulfide) groups is 1. The van der Waals surface area contributed by atoms with E-state index < -0.39 is 0 Å². The van der Waals surface area contributed by atoms with Gasteiger partial charge in [-0.2, -0.15) is 0 Å². The minimum atomic E-state index is -0.117. The minimum absolute atomic E-state index is 0.0579. The number of benzene rings is 1. The Bertz CT molecular complexity index is 766. The molecule has 0 unspecified atom stereocenters. The summed E-state index contributed by atoms with van der Waals surface area (Å²) in [4.78, 5) is 14.8. The third kappa shape index (κ3) is 4.36. The lowest BCUT2D eigenvalue weighted by molar-refractivity contribution is -0.123. The molecule has 0 spiro atoms. The van der Waals surface area contributed by atoms with E-state index in [1.54, 1.807) is 29.2 Å². The van der Waals surface area contributed by atoms with Crippen LogP contribution in [-0.4, -0.2) is 41.0 Å². The lowest BCUT2D eigenvalue weighted by Gasteiger charge is -2.18. The molecule has 2 aliphatic heterocycles. The van der Waals surface area contributed by atoms with E-state index in [-0.39, 0.29) is 18.6 Å². The summed E-state index contributed by atoms with van der Waals surface area (Å²) in [5.74, 6) is 2.88. The number of hydrogen-bond acceptors (Lipinski definition) is 5. The first-order valence-corrected chi connectivity index (χ1v) is 9.41. The van der Waals surface area contributed by atoms with E-state index in [0.29, 0.717) is 32.1 Å². The Morgan fingerprint density at radius 1 is 1.56 bits per heavy atom. The van der Waals surface area contributed by atoms with Crippen molar-refractivity contribution in [1.29, 1.82) is 0 Å². The molecule has 1 aromatic carbocycles. The van der Waals surface area contributed by atoms with Crippen LogP contribution in [0.15, 0.2) is 23.1 Å². The van der Waals surface area contributed by atoms with Gasteiger partial charge in [-0.15, -0.1) is 6.42 Å². The molecule has 0 aliphatic carbocycles. The molecule has 1 aromatic rings. The fourth-order valence-electron chi connectivity index (χ4n) is 2.67. The van der Waals surface area contributed by atoms with Gasteiger partial charge in [0, 0.05) is 17.2 Å². The zero-order valence-corrected chi connectivity index (χ0v) is 15.8. The summed E-state index contributed by atoms with van der Waals surface area (Å²) in [6.07, 6.45) is 9.02. The summed E-state index contributed by atoms with van der Waals surface area (Å²) in [7, 11) is 0. The number of amides is 1. The van der Waals surface area contributed by atoms with Crippen molar-refractivity contribution in [3.05, 3.63) is 33.7 Å². The lowest BCUT2D eigenvalue weighted by atomic mass is 10.1. The topological polar surface area (TPSA) is 38.8 Å². The summed E-state index contributed by atoms with van der Waals surface area (Å²) in [5, 5.41) is 0.550. The molecule has 0 N–H and O–H groups in total. The van der Waals surface area contributed by atoms with E-state index in [2.05, 4.69) is 5.92 Å². The SMILES string of the molecule is C#CCOc1ccc(Cl)cc1/C=C1\SC(=S)N(C[C@H]2CCCO2)C1=O. The molecule has 2 saturated heterocycles. The van der Waals surface area contributed by atoms with Crippen LogP contribution in [0, 0.1) is 12.3 Å². The molecule has 0 bridgehead atoms. The second-order valence-corrected chi connectivity index (χ2v) is 7.71. The first-order valence-electron chi connectivity index (χ1n) is 7.81. The van der Waals surface area contributed by atoms with Gasteiger partial charge < -0.3 is 9.47 Å². The second kappa shape index (κ2) is 8.24. The van der Waals surface area contributed by atoms with Crippen molar-refractivity contribution in [2.45, 2.75) is 18.9 Å². The maximum absolute atomic E-state index is 12.7. The molecule has 1 amide bonds. The fraction of sp³-hybridized carbons (Fsp3) is 0.333. The van der Waals surface area contributed by atoms with Crippen LogP contribution in [0.2, 0.25) is 5.02 Å². The largest absolute Gasteiger partial charge is 0.480 e. The minimum Gasteiger partial charge on any atom is -0.480 e. The number of nitrogens with zero attached hydrogens (tertiary/aromatic N) is 1. The van der Waals surface area contributed by atoms with Crippen molar-refractivity contribution in [1.82, 2.24) is 4.90 Å². The molecule has 7 heteroatoms. The van der Waals surface area contributed by atoms with Gasteiger partial charge in [0.2, 0.25) is 0 Å². The molecule has 1 atom stereocenters. The highest BCUT2D eigenvalue weighted by atomic mass is 35.5. The number of halogens is 1. The van der Waals surface area contributed by atoms with E-state index >= 15 is 0 Å². The van der Waals surface area contributed by atoms with Crippen molar-refractivity contribution in [2.75, 3.05) is 19.8 Å². The Balaban J connectivity index is 1.81. The van der Waals surface area contributed by atoms with Gasteiger partial charge in [-0.1, -0.05) is 41.5 Å². The van der Waals surface area contributed by atoms with Crippen molar-refractivity contribution in [3.8, 4) is 18.1 Å². The van der Waals surface area contributed by atoms with E-state index in [0.717, 1.165) is 19.4 Å². The van der Waals surface area contributed by atoms with Gasteiger partial charge in [0.25, 0.3) is 5.91 Å². The molecule has 2 fully saturated rings. The van der Waals surface area contributed by atoms with E-state index in [4.69, 9.17) is 39.7 Å². The molecule has 0 radical (unpaired) electrons. The van der Waals surface area contributed by atoms with Crippen LogP contribution in [0.25, 0.3) is 6.08 Å². The summed E-state index contributed by atoms with van der Waals surface area (Å²) < 4.78 is 11.7. The van der Waals surface area contributed by atoms with Gasteiger partial charge in [-0.25, -0.2) is 0 Å². The van der Waals surface area contributed by atoms with Gasteiger partial charge in [0.05, 0.1) is 17.6 Å². The highest BCUT2D eigenvalue weighted by molar-refractivity contribution is 8.26. The van der Waals surface area contributed by atoms with Crippen LogP contribution >= 0.6 is 35.6 Å². The normalized spacial score (nSPS) is 21.8. The van der Waals surface area contributed by atoms with Gasteiger partial charge >= 0.3 is 0 Å². The van der Waals surface area contributed by atoms with Crippen LogP contribution in [0.4, 0.5) is 0 Å². The third-order valence-electron chi connectivity index (χ3n) is 3.85. The number of rotatable bonds is 5. The molecule has 25 heavy (non-hydrogen) atoms. The molecule has 0 saturated carbocycles. The summed E-state index contributed by atoms with van der Waals surface area (Å²) in [5.41, 5.74) is 0.695. The first-order chi connectivity index (χ1) is 12.1. The molecule has 2 aliphatic rings. The Morgan fingerprint density at radius 3 is 3.12 bits per heavy atom. The van der Waals surface area contributed by atoms with Gasteiger partial charge in [0.1, 0.15) is 16.7 Å². The molecule has 4 nitrogen and oxygen atoms in total. The second-order valence-electron chi connectivity index (χ2n) is 5.60. The number of carbonyl (C=O) groups excluding carboxylic acids is 1. The average Bonchev–Trinajstić information content (AvgIpc) is 3.19.